The summed E-state index contributed by atoms with van der Waals surface area (Å²) in [6.45, 7) is 0. The first-order valence-corrected chi connectivity index (χ1v) is 4.34. The van der Waals surface area contributed by atoms with Crippen molar-refractivity contribution in [3.8, 4) is 0 Å². The Bertz CT molecular complexity index is 381. The summed E-state index contributed by atoms with van der Waals surface area (Å²) >= 11 is 5.63. The molecule has 0 fully saturated rings. The van der Waals surface area contributed by atoms with Gasteiger partial charge in [-0.2, -0.15) is 0 Å². The number of hydrogen-bond acceptors (Lipinski definition) is 1. The predicted octanol–water partition coefficient (Wildman–Crippen LogP) is 2.14. The van der Waals surface area contributed by atoms with Crippen LogP contribution >= 0.6 is 11.6 Å². The highest BCUT2D eigenvalue weighted by atomic mass is 35.5. The fourth-order valence-electron chi connectivity index (χ4n) is 1.19. The molecular weight excluding hydrogens is 172 g/mol. The van der Waals surface area contributed by atoms with E-state index in [4.69, 9.17) is 11.6 Å². The summed E-state index contributed by atoms with van der Waals surface area (Å²) in [4.78, 5) is 6.96. The molecule has 1 aromatic heterocycles. The Morgan fingerprint density at radius 2 is 2.42 bits per heavy atom. The maximum atomic E-state index is 5.63. The van der Waals surface area contributed by atoms with E-state index in [1.54, 1.807) is 0 Å². The van der Waals surface area contributed by atoms with E-state index in [1.807, 2.05) is 12.1 Å². The lowest BCUT2D eigenvalue weighted by atomic mass is 10.1. The van der Waals surface area contributed by atoms with Gasteiger partial charge in [0.15, 0.2) is 6.33 Å². The smallest absolute Gasteiger partial charge is 0.174 e. The molecule has 1 aromatic carbocycles. The molecule has 0 bridgehead atoms. The molecule has 3 heteroatoms. The average Bonchev–Trinajstić information content (AvgIpc) is 2.51. The number of aryl methyl sites for hydroxylation is 1. The lowest BCUT2D eigenvalue weighted by molar-refractivity contribution is 1.15. The van der Waals surface area contributed by atoms with Gasteiger partial charge in [-0.05, 0) is 24.1 Å². The molecule has 0 spiro atoms. The summed E-state index contributed by atoms with van der Waals surface area (Å²) < 4.78 is 0. The quantitative estimate of drug-likeness (QED) is 0.704. The van der Waals surface area contributed by atoms with Crippen molar-refractivity contribution in [2.75, 3.05) is 5.88 Å². The number of H-pyrrole nitrogens is 1. The summed E-state index contributed by atoms with van der Waals surface area (Å²) in [5.74, 6) is 0.652. The Labute approximate surface area is 75.6 Å². The number of benzene rings is 1. The predicted molar refractivity (Wildman–Crippen MR) is 49.4 cm³/mol. The van der Waals surface area contributed by atoms with Gasteiger partial charge in [0, 0.05) is 5.88 Å². The summed E-state index contributed by atoms with van der Waals surface area (Å²) in [6.07, 6.45) is 3.59. The van der Waals surface area contributed by atoms with Crippen molar-refractivity contribution in [1.82, 2.24) is 9.97 Å². The molecule has 0 unspecified atom stereocenters. The fourth-order valence-corrected chi connectivity index (χ4v) is 1.41. The van der Waals surface area contributed by atoms with E-state index in [9.17, 15) is 0 Å². The van der Waals surface area contributed by atoms with Crippen LogP contribution in [0.25, 0.3) is 11.0 Å². The van der Waals surface area contributed by atoms with Crippen LogP contribution in [0, 0.1) is 6.33 Å². The number of nitrogens with one attached hydrogen (secondary N) is 1. The van der Waals surface area contributed by atoms with E-state index in [2.05, 4.69) is 22.4 Å². The number of alkyl halides is 1. The Morgan fingerprint density at radius 1 is 1.50 bits per heavy atom. The molecule has 2 aromatic rings. The molecule has 1 heterocycles. The van der Waals surface area contributed by atoms with Gasteiger partial charge >= 0.3 is 0 Å². The van der Waals surface area contributed by atoms with Gasteiger partial charge in [0.25, 0.3) is 0 Å². The molecule has 0 saturated heterocycles. The van der Waals surface area contributed by atoms with Gasteiger partial charge in [-0.25, -0.2) is 4.98 Å². The zero-order valence-corrected chi connectivity index (χ0v) is 7.23. The Morgan fingerprint density at radius 3 is 3.25 bits per heavy atom. The fraction of sp³-hybridized carbons (Fsp3) is 0.222. The number of aromatic nitrogens is 2. The van der Waals surface area contributed by atoms with E-state index in [-0.39, 0.29) is 0 Å². The lowest BCUT2D eigenvalue weighted by Gasteiger charge is -1.95. The normalized spacial score (nSPS) is 10.8. The summed E-state index contributed by atoms with van der Waals surface area (Å²) in [5, 5.41) is 0. The second kappa shape index (κ2) is 3.15. The minimum absolute atomic E-state index is 0.652. The molecule has 0 aliphatic heterocycles. The first-order valence-electron chi connectivity index (χ1n) is 3.81. The molecule has 12 heavy (non-hydrogen) atoms. The largest absolute Gasteiger partial charge is 0.335 e. The molecule has 0 saturated carbocycles. The topological polar surface area (TPSA) is 28.7 Å². The zero-order valence-electron chi connectivity index (χ0n) is 6.47. The number of hydrogen-bond donors (Lipinski definition) is 1. The highest BCUT2D eigenvalue weighted by molar-refractivity contribution is 6.18. The van der Waals surface area contributed by atoms with Crippen molar-refractivity contribution < 1.29 is 0 Å². The van der Waals surface area contributed by atoms with Crippen LogP contribution in [0.4, 0.5) is 0 Å². The molecule has 1 radical (unpaired) electrons. The highest BCUT2D eigenvalue weighted by Crippen LogP contribution is 2.11. The Balaban J connectivity index is 2.46. The second-order valence-electron chi connectivity index (χ2n) is 2.64. The van der Waals surface area contributed by atoms with E-state index < -0.39 is 0 Å². The van der Waals surface area contributed by atoms with E-state index in [0.717, 1.165) is 17.5 Å². The van der Waals surface area contributed by atoms with Crippen molar-refractivity contribution in [3.63, 3.8) is 0 Å². The van der Waals surface area contributed by atoms with E-state index in [0.29, 0.717) is 5.88 Å². The molecule has 61 valence electrons. The van der Waals surface area contributed by atoms with Crippen molar-refractivity contribution in [2.45, 2.75) is 6.42 Å². The summed E-state index contributed by atoms with van der Waals surface area (Å²) in [5.41, 5.74) is 3.20. The van der Waals surface area contributed by atoms with Crippen LogP contribution in [0.15, 0.2) is 18.2 Å². The molecule has 2 nitrogen and oxygen atoms in total. The van der Waals surface area contributed by atoms with Gasteiger partial charge in [-0.15, -0.1) is 11.6 Å². The number of aromatic amines is 1. The first kappa shape index (κ1) is 7.62. The van der Waals surface area contributed by atoms with Crippen LogP contribution in [-0.2, 0) is 6.42 Å². The molecular formula is C9H8ClN2. The number of halogens is 1. The molecule has 2 rings (SSSR count). The van der Waals surface area contributed by atoms with Gasteiger partial charge in [0.2, 0.25) is 0 Å². The minimum atomic E-state index is 0.652. The van der Waals surface area contributed by atoms with Gasteiger partial charge < -0.3 is 4.98 Å². The van der Waals surface area contributed by atoms with Gasteiger partial charge in [0.05, 0.1) is 11.0 Å². The van der Waals surface area contributed by atoms with Crippen LogP contribution in [0.2, 0.25) is 0 Å². The minimum Gasteiger partial charge on any atom is -0.335 e. The van der Waals surface area contributed by atoms with Gasteiger partial charge in [-0.1, -0.05) is 6.07 Å². The average molecular weight is 180 g/mol. The van der Waals surface area contributed by atoms with Crippen LogP contribution in [0.3, 0.4) is 0 Å². The lowest BCUT2D eigenvalue weighted by Crippen LogP contribution is -1.84. The van der Waals surface area contributed by atoms with Crippen LogP contribution in [0.5, 0.6) is 0 Å². The number of imidazole rings is 1. The monoisotopic (exact) mass is 179 g/mol. The number of nitrogens with zero attached hydrogens (tertiary/aromatic N) is 1. The van der Waals surface area contributed by atoms with E-state index in [1.165, 1.54) is 5.56 Å². The number of fused-ring (bicyclic) bond motifs is 1. The zero-order chi connectivity index (χ0) is 8.39. The van der Waals surface area contributed by atoms with Crippen LogP contribution in [0.1, 0.15) is 5.56 Å². The van der Waals surface area contributed by atoms with Crippen molar-refractivity contribution in [3.05, 3.63) is 30.1 Å². The maximum absolute atomic E-state index is 5.63. The third-order valence-electron chi connectivity index (χ3n) is 1.81. The standard InChI is InChI=1S/C9H8ClN2/c10-4-3-7-1-2-8-9(5-7)12-6-11-8/h1-2,5H,3-4H2,(H,11,12). The molecule has 0 aliphatic rings. The number of rotatable bonds is 2. The van der Waals surface area contributed by atoms with Crippen LogP contribution < -0.4 is 0 Å². The third-order valence-corrected chi connectivity index (χ3v) is 2.00. The SMILES string of the molecule is ClCCc1ccc2[nH][c]nc2c1. The molecule has 0 atom stereocenters. The van der Waals surface area contributed by atoms with Crippen molar-refractivity contribution in [2.24, 2.45) is 0 Å². The van der Waals surface area contributed by atoms with Crippen LogP contribution in [-0.4, -0.2) is 15.8 Å². The molecule has 1 N–H and O–H groups in total. The van der Waals surface area contributed by atoms with Crippen molar-refractivity contribution in [1.29, 1.82) is 0 Å². The molecule has 0 aliphatic carbocycles. The van der Waals surface area contributed by atoms with Gasteiger partial charge in [0.1, 0.15) is 0 Å². The first-order chi connectivity index (χ1) is 5.90. The summed E-state index contributed by atoms with van der Waals surface area (Å²) in [7, 11) is 0. The van der Waals surface area contributed by atoms with Crippen molar-refractivity contribution >= 4 is 22.6 Å². The Hall–Kier alpha value is -1.02. The summed E-state index contributed by atoms with van der Waals surface area (Å²) in [6, 6.07) is 6.09. The highest BCUT2D eigenvalue weighted by Gasteiger charge is 1.97. The Kier molecular flexibility index (Phi) is 2.00. The van der Waals surface area contributed by atoms with E-state index >= 15 is 0 Å². The van der Waals surface area contributed by atoms with Gasteiger partial charge in [-0.3, -0.25) is 0 Å². The molecule has 0 amide bonds. The third kappa shape index (κ3) is 1.30. The maximum Gasteiger partial charge on any atom is 0.174 e. The second-order valence-corrected chi connectivity index (χ2v) is 3.02.